The molecule has 1 N–H and O–H groups in total. The second-order valence-corrected chi connectivity index (χ2v) is 6.94. The van der Waals surface area contributed by atoms with Gasteiger partial charge in [-0.05, 0) is 50.4 Å². The number of carbonyl (C=O) groups is 1. The van der Waals surface area contributed by atoms with Crippen LogP contribution in [0.15, 0.2) is 41.3 Å². The van der Waals surface area contributed by atoms with E-state index in [2.05, 4.69) is 15.2 Å². The maximum atomic E-state index is 12.6. The number of amides is 1. The van der Waals surface area contributed by atoms with E-state index in [0.29, 0.717) is 5.92 Å². The molecule has 4 heterocycles. The van der Waals surface area contributed by atoms with E-state index in [1.165, 1.54) is 5.56 Å². The van der Waals surface area contributed by atoms with Gasteiger partial charge >= 0.3 is 0 Å². The molecule has 0 saturated carbocycles. The number of piperidine rings is 1. The number of aromatic nitrogens is 1. The maximum absolute atomic E-state index is 12.6. The third-order valence-electron chi connectivity index (χ3n) is 5.18. The summed E-state index contributed by atoms with van der Waals surface area (Å²) in [6, 6.07) is 5.69. The Balaban J connectivity index is 1.34. The number of furan rings is 1. The first-order valence-electron chi connectivity index (χ1n) is 8.80. The van der Waals surface area contributed by atoms with E-state index in [1.54, 1.807) is 18.7 Å². The number of nitrogens with zero attached hydrogens (tertiary/aromatic N) is 2. The average molecular weight is 341 g/mol. The van der Waals surface area contributed by atoms with Crippen LogP contribution in [0.5, 0.6) is 0 Å². The molecule has 0 aromatic carbocycles. The Labute approximate surface area is 147 Å². The monoisotopic (exact) mass is 341 g/mol. The molecule has 0 radical (unpaired) electrons. The predicted octanol–water partition coefficient (Wildman–Crippen LogP) is 2.60. The number of ether oxygens (including phenoxy) is 1. The van der Waals surface area contributed by atoms with Gasteiger partial charge < -0.3 is 14.5 Å². The zero-order valence-electron chi connectivity index (χ0n) is 14.4. The number of nitrogens with one attached hydrogen (secondary N) is 1. The normalized spacial score (nSPS) is 26.4. The highest BCUT2D eigenvalue weighted by Gasteiger charge is 2.41. The lowest BCUT2D eigenvalue weighted by atomic mass is 9.91. The Bertz CT molecular complexity index is 731. The minimum Gasteiger partial charge on any atom is -0.472 e. The highest BCUT2D eigenvalue weighted by Crippen LogP contribution is 2.34. The first-order valence-corrected chi connectivity index (χ1v) is 8.80. The number of rotatable bonds is 4. The van der Waals surface area contributed by atoms with Crippen molar-refractivity contribution >= 4 is 11.6 Å². The Kier molecular flexibility index (Phi) is 4.55. The molecule has 2 aliphatic heterocycles. The molecule has 1 amide bonds. The van der Waals surface area contributed by atoms with Gasteiger partial charge in [-0.15, -0.1) is 0 Å². The second-order valence-electron chi connectivity index (χ2n) is 6.94. The summed E-state index contributed by atoms with van der Waals surface area (Å²) in [4.78, 5) is 19.1. The molecule has 6 nitrogen and oxygen atoms in total. The van der Waals surface area contributed by atoms with Crippen molar-refractivity contribution in [3.8, 4) is 0 Å². The van der Waals surface area contributed by atoms with E-state index in [4.69, 9.17) is 9.15 Å². The van der Waals surface area contributed by atoms with Gasteiger partial charge in [-0.3, -0.25) is 14.7 Å². The summed E-state index contributed by atoms with van der Waals surface area (Å²) in [5, 5.41) is 2.96. The van der Waals surface area contributed by atoms with Crippen LogP contribution in [0.1, 0.15) is 24.1 Å². The maximum Gasteiger partial charge on any atom is 0.253 e. The fraction of sp³-hybridized carbons (Fsp3) is 0.474. The zero-order chi connectivity index (χ0) is 17.2. The first-order chi connectivity index (χ1) is 12.2. The van der Waals surface area contributed by atoms with Crippen molar-refractivity contribution in [1.82, 2.24) is 9.88 Å². The van der Waals surface area contributed by atoms with Gasteiger partial charge in [-0.25, -0.2) is 0 Å². The van der Waals surface area contributed by atoms with Crippen LogP contribution in [0.2, 0.25) is 0 Å². The molecule has 2 aromatic heterocycles. The number of pyridine rings is 1. The van der Waals surface area contributed by atoms with Gasteiger partial charge in [0.15, 0.2) is 0 Å². The lowest BCUT2D eigenvalue weighted by Crippen LogP contribution is -2.41. The van der Waals surface area contributed by atoms with Crippen molar-refractivity contribution in [1.29, 1.82) is 0 Å². The van der Waals surface area contributed by atoms with E-state index >= 15 is 0 Å². The fourth-order valence-corrected chi connectivity index (χ4v) is 3.78. The van der Waals surface area contributed by atoms with Crippen LogP contribution in [0, 0.1) is 12.8 Å². The molecular formula is C19H23N3O3. The summed E-state index contributed by atoms with van der Waals surface area (Å²) in [6.45, 7) is 4.66. The number of hydrogen-bond acceptors (Lipinski definition) is 5. The van der Waals surface area contributed by atoms with Crippen LogP contribution in [-0.2, 0) is 16.1 Å². The predicted molar refractivity (Wildman–Crippen MR) is 93.0 cm³/mol. The van der Waals surface area contributed by atoms with Crippen molar-refractivity contribution in [2.75, 3.05) is 18.4 Å². The number of carbonyl (C=O) groups excluding carboxylic acids is 1. The van der Waals surface area contributed by atoms with Crippen molar-refractivity contribution < 1.29 is 13.9 Å². The summed E-state index contributed by atoms with van der Waals surface area (Å²) in [6.07, 6.45) is 6.84. The minimum atomic E-state index is -0.372. The molecule has 2 aliphatic rings. The minimum absolute atomic E-state index is 0.0631. The van der Waals surface area contributed by atoms with Crippen LogP contribution in [-0.4, -0.2) is 41.1 Å². The SMILES string of the molecule is Cc1ncccc1NC(=O)[C@H]1C[C@@H]2CCN(Cc3ccoc3)C[C@@H]2O1. The van der Waals surface area contributed by atoms with Crippen molar-refractivity contribution in [3.63, 3.8) is 0 Å². The Morgan fingerprint density at radius 2 is 2.36 bits per heavy atom. The topological polar surface area (TPSA) is 67.6 Å². The first kappa shape index (κ1) is 16.3. The van der Waals surface area contributed by atoms with E-state index < -0.39 is 0 Å². The Hall–Kier alpha value is -2.18. The summed E-state index contributed by atoms with van der Waals surface area (Å²) >= 11 is 0. The third-order valence-corrected chi connectivity index (χ3v) is 5.18. The molecule has 6 heteroatoms. The number of hydrogen-bond donors (Lipinski definition) is 1. The highest BCUT2D eigenvalue weighted by atomic mass is 16.5. The quantitative estimate of drug-likeness (QED) is 0.926. The molecule has 2 saturated heterocycles. The molecular weight excluding hydrogens is 318 g/mol. The summed E-state index contributed by atoms with van der Waals surface area (Å²) in [5.41, 5.74) is 2.75. The molecule has 2 aromatic rings. The van der Waals surface area contributed by atoms with E-state index in [9.17, 15) is 4.79 Å². The van der Waals surface area contributed by atoms with Crippen molar-refractivity contribution in [2.45, 2.75) is 38.5 Å². The van der Waals surface area contributed by atoms with Crippen molar-refractivity contribution in [2.24, 2.45) is 5.92 Å². The molecule has 132 valence electrons. The largest absolute Gasteiger partial charge is 0.472 e. The van der Waals surface area contributed by atoms with Crippen LogP contribution < -0.4 is 5.32 Å². The molecule has 3 atom stereocenters. The lowest BCUT2D eigenvalue weighted by Gasteiger charge is -2.33. The van der Waals surface area contributed by atoms with E-state index in [0.717, 1.165) is 43.9 Å². The van der Waals surface area contributed by atoms with Crippen molar-refractivity contribution in [3.05, 3.63) is 48.2 Å². The molecule has 0 unspecified atom stereocenters. The van der Waals surface area contributed by atoms with Crippen LogP contribution >= 0.6 is 0 Å². The summed E-state index contributed by atoms with van der Waals surface area (Å²) < 4.78 is 11.2. The van der Waals surface area contributed by atoms with E-state index in [-0.39, 0.29) is 18.1 Å². The lowest BCUT2D eigenvalue weighted by molar-refractivity contribution is -0.127. The van der Waals surface area contributed by atoms with Gasteiger partial charge in [0.2, 0.25) is 0 Å². The van der Waals surface area contributed by atoms with Gasteiger partial charge in [-0.1, -0.05) is 0 Å². The van der Waals surface area contributed by atoms with Crippen LogP contribution in [0.25, 0.3) is 0 Å². The van der Waals surface area contributed by atoms with Crippen LogP contribution in [0.3, 0.4) is 0 Å². The average Bonchev–Trinajstić information content (AvgIpc) is 3.26. The van der Waals surface area contributed by atoms with Gasteiger partial charge in [0.1, 0.15) is 6.10 Å². The third kappa shape index (κ3) is 3.60. The molecule has 4 rings (SSSR count). The summed E-state index contributed by atoms with van der Waals surface area (Å²) in [5.74, 6) is 0.401. The second kappa shape index (κ2) is 6.98. The number of anilines is 1. The number of fused-ring (bicyclic) bond motifs is 1. The van der Waals surface area contributed by atoms with Gasteiger partial charge in [0.05, 0.1) is 30.0 Å². The molecule has 2 fully saturated rings. The standard InChI is InChI=1S/C19H23N3O3/c1-13-16(3-2-6-20-13)21-19(23)17-9-15-4-7-22(11-18(15)25-17)10-14-5-8-24-12-14/h2-3,5-6,8,12,15,17-18H,4,7,9-11H2,1H3,(H,21,23)/t15-,17+,18-/m0/s1. The molecule has 25 heavy (non-hydrogen) atoms. The van der Waals surface area contributed by atoms with Gasteiger partial charge in [0.25, 0.3) is 5.91 Å². The molecule has 0 bridgehead atoms. The zero-order valence-corrected chi connectivity index (χ0v) is 14.4. The number of aryl methyl sites for hydroxylation is 1. The summed E-state index contributed by atoms with van der Waals surface area (Å²) in [7, 11) is 0. The smallest absolute Gasteiger partial charge is 0.253 e. The Morgan fingerprint density at radius 3 is 3.16 bits per heavy atom. The number of likely N-dealkylation sites (tertiary alicyclic amines) is 1. The van der Waals surface area contributed by atoms with Crippen LogP contribution in [0.4, 0.5) is 5.69 Å². The fourth-order valence-electron chi connectivity index (χ4n) is 3.78. The molecule has 0 spiro atoms. The van der Waals surface area contributed by atoms with Gasteiger partial charge in [0, 0.05) is 24.8 Å². The molecule has 0 aliphatic carbocycles. The highest BCUT2D eigenvalue weighted by molar-refractivity contribution is 5.94. The van der Waals surface area contributed by atoms with Gasteiger partial charge in [-0.2, -0.15) is 0 Å². The Morgan fingerprint density at radius 1 is 1.44 bits per heavy atom. The van der Waals surface area contributed by atoms with E-state index in [1.807, 2.05) is 25.1 Å².